The van der Waals surface area contributed by atoms with Gasteiger partial charge in [-0.15, -0.1) is 0 Å². The summed E-state index contributed by atoms with van der Waals surface area (Å²) in [6, 6.07) is 0.0785. The van der Waals surface area contributed by atoms with Crippen molar-refractivity contribution in [2.45, 2.75) is 57.7 Å². The second-order valence-corrected chi connectivity index (χ2v) is 5.41. The molecule has 1 atom stereocenters. The third kappa shape index (κ3) is 4.18. The van der Waals surface area contributed by atoms with Crippen LogP contribution in [0.1, 0.15) is 39.5 Å². The van der Waals surface area contributed by atoms with Gasteiger partial charge in [-0.2, -0.15) is 0 Å². The van der Waals surface area contributed by atoms with Crippen LogP contribution in [0.2, 0.25) is 0 Å². The van der Waals surface area contributed by atoms with Gasteiger partial charge in [0, 0.05) is 28.9 Å². The van der Waals surface area contributed by atoms with E-state index in [0.717, 1.165) is 25.7 Å². The van der Waals surface area contributed by atoms with E-state index in [4.69, 9.17) is 10.5 Å². The minimum Gasteiger partial charge on any atom is -0.461 e. The van der Waals surface area contributed by atoms with Crippen molar-refractivity contribution in [1.29, 1.82) is 0 Å². The summed E-state index contributed by atoms with van der Waals surface area (Å²) in [5, 5.41) is 0. The topological polar surface area (TPSA) is 64.4 Å². The van der Waals surface area contributed by atoms with Crippen LogP contribution in [0.3, 0.4) is 0 Å². The average molecular weight is 340 g/mol. The Morgan fingerprint density at radius 1 is 1.38 bits per heavy atom. The molecule has 0 aliphatic heterocycles. The number of halogens is 1. The summed E-state index contributed by atoms with van der Waals surface area (Å²) in [4.78, 5) is 11.6. The number of hydrogen-bond donors (Lipinski definition) is 2. The van der Waals surface area contributed by atoms with Gasteiger partial charge < -0.3 is 10.5 Å². The van der Waals surface area contributed by atoms with Crippen LogP contribution in [0.5, 0.6) is 0 Å². The van der Waals surface area contributed by atoms with E-state index in [2.05, 4.69) is 26.4 Å². The second-order valence-electron chi connectivity index (χ2n) is 4.79. The molecule has 0 spiro atoms. The number of hydrogen-bond acceptors (Lipinski definition) is 4. The molecule has 0 saturated heterocycles. The fraction of sp³-hybridized carbons (Fsp3) is 0.909. The van der Waals surface area contributed by atoms with Crippen LogP contribution in [-0.4, -0.2) is 24.2 Å². The number of ether oxygens (including phenoxy) is 1. The lowest BCUT2D eigenvalue weighted by molar-refractivity contribution is -0.153. The van der Waals surface area contributed by atoms with Crippen LogP contribution in [0.15, 0.2) is 0 Å². The van der Waals surface area contributed by atoms with Crippen molar-refractivity contribution in [2.75, 3.05) is 0 Å². The Morgan fingerprint density at radius 2 is 1.94 bits per heavy atom. The first-order chi connectivity index (χ1) is 7.54. The van der Waals surface area contributed by atoms with Crippen molar-refractivity contribution in [3.8, 4) is 0 Å². The molecule has 0 radical (unpaired) electrons. The molecule has 16 heavy (non-hydrogen) atoms. The second kappa shape index (κ2) is 6.76. The monoisotopic (exact) mass is 340 g/mol. The molecule has 1 aliphatic rings. The van der Waals surface area contributed by atoms with E-state index in [1.54, 1.807) is 0 Å². The summed E-state index contributed by atoms with van der Waals surface area (Å²) in [6.45, 7) is 3.87. The van der Waals surface area contributed by atoms with Crippen LogP contribution in [0, 0.1) is 5.92 Å². The Balaban J connectivity index is 2.31. The highest BCUT2D eigenvalue weighted by Crippen LogP contribution is 2.22. The number of nitrogens with one attached hydrogen (secondary N) is 1. The number of carbonyl (C=O) groups excluding carboxylic acids is 1. The number of nitrogens with two attached hydrogens (primary N) is 1. The minimum absolute atomic E-state index is 0.0679. The van der Waals surface area contributed by atoms with Gasteiger partial charge in [0.25, 0.3) is 0 Å². The highest BCUT2D eigenvalue weighted by Gasteiger charge is 2.26. The van der Waals surface area contributed by atoms with Gasteiger partial charge in [0.2, 0.25) is 0 Å². The molecule has 0 aromatic rings. The zero-order chi connectivity index (χ0) is 12.1. The fourth-order valence-corrected chi connectivity index (χ4v) is 2.43. The van der Waals surface area contributed by atoms with Crippen LogP contribution in [0.4, 0.5) is 0 Å². The summed E-state index contributed by atoms with van der Waals surface area (Å²) < 4.78 is 8.64. The first-order valence-electron chi connectivity index (χ1n) is 5.86. The molecule has 5 heteroatoms. The van der Waals surface area contributed by atoms with Gasteiger partial charge in [-0.25, -0.2) is 0 Å². The molecule has 1 saturated carbocycles. The number of carbonyl (C=O) groups is 1. The Labute approximate surface area is 111 Å². The van der Waals surface area contributed by atoms with E-state index in [9.17, 15) is 4.79 Å². The van der Waals surface area contributed by atoms with Gasteiger partial charge in [-0.05, 0) is 31.6 Å². The van der Waals surface area contributed by atoms with Crippen molar-refractivity contribution in [3.05, 3.63) is 0 Å². The molecule has 94 valence electrons. The SMILES string of the molecule is CC(C)[C@H](N)C(=O)OC1CCC(NI)CC1. The molecule has 0 amide bonds. The maximum atomic E-state index is 11.6. The van der Waals surface area contributed by atoms with Crippen LogP contribution < -0.4 is 9.26 Å². The van der Waals surface area contributed by atoms with Crippen molar-refractivity contribution in [1.82, 2.24) is 3.53 Å². The Morgan fingerprint density at radius 3 is 2.38 bits per heavy atom. The quantitative estimate of drug-likeness (QED) is 0.465. The minimum atomic E-state index is -0.486. The molecule has 1 aliphatic carbocycles. The Bertz CT molecular complexity index is 228. The van der Waals surface area contributed by atoms with E-state index < -0.39 is 6.04 Å². The van der Waals surface area contributed by atoms with Gasteiger partial charge in [-0.1, -0.05) is 13.8 Å². The normalized spacial score (nSPS) is 27.8. The van der Waals surface area contributed by atoms with Crippen molar-refractivity contribution >= 4 is 28.8 Å². The molecular formula is C11H21IN2O2. The van der Waals surface area contributed by atoms with Gasteiger partial charge in [0.15, 0.2) is 0 Å². The molecular weight excluding hydrogens is 319 g/mol. The third-order valence-electron chi connectivity index (χ3n) is 3.10. The number of rotatable bonds is 4. The Kier molecular flexibility index (Phi) is 5.99. The average Bonchev–Trinajstić information content (AvgIpc) is 2.28. The van der Waals surface area contributed by atoms with Crippen LogP contribution in [0.25, 0.3) is 0 Å². The molecule has 4 nitrogen and oxygen atoms in total. The lowest BCUT2D eigenvalue weighted by atomic mass is 9.93. The third-order valence-corrected chi connectivity index (χ3v) is 3.98. The Hall–Kier alpha value is 0.120. The van der Waals surface area contributed by atoms with E-state index in [-0.39, 0.29) is 18.0 Å². The maximum absolute atomic E-state index is 11.6. The molecule has 1 rings (SSSR count). The number of esters is 1. The lowest BCUT2D eigenvalue weighted by Gasteiger charge is -2.28. The fourth-order valence-electron chi connectivity index (χ4n) is 1.80. The largest absolute Gasteiger partial charge is 0.461 e. The summed E-state index contributed by atoms with van der Waals surface area (Å²) in [5.74, 6) is -0.110. The molecule has 0 aromatic heterocycles. The predicted octanol–water partition coefficient (Wildman–Crippen LogP) is 1.76. The highest BCUT2D eigenvalue weighted by atomic mass is 127. The lowest BCUT2D eigenvalue weighted by Crippen LogP contribution is -2.40. The van der Waals surface area contributed by atoms with Crippen molar-refractivity contribution in [3.63, 3.8) is 0 Å². The van der Waals surface area contributed by atoms with Gasteiger partial charge in [-0.3, -0.25) is 8.32 Å². The highest BCUT2D eigenvalue weighted by molar-refractivity contribution is 14.1. The van der Waals surface area contributed by atoms with Crippen LogP contribution >= 0.6 is 22.9 Å². The van der Waals surface area contributed by atoms with E-state index in [0.29, 0.717) is 6.04 Å². The van der Waals surface area contributed by atoms with Crippen molar-refractivity contribution < 1.29 is 9.53 Å². The van der Waals surface area contributed by atoms with Gasteiger partial charge in [0.05, 0.1) is 0 Å². The maximum Gasteiger partial charge on any atom is 0.323 e. The zero-order valence-corrected chi connectivity index (χ0v) is 12.1. The molecule has 0 heterocycles. The van der Waals surface area contributed by atoms with Gasteiger partial charge >= 0.3 is 5.97 Å². The smallest absolute Gasteiger partial charge is 0.323 e. The summed E-state index contributed by atoms with van der Waals surface area (Å²) in [6.07, 6.45) is 4.09. The molecule has 0 aromatic carbocycles. The molecule has 0 bridgehead atoms. The first kappa shape index (κ1) is 14.2. The molecule has 1 fully saturated rings. The molecule has 3 N–H and O–H groups in total. The van der Waals surface area contributed by atoms with Gasteiger partial charge in [0.1, 0.15) is 12.1 Å². The predicted molar refractivity (Wildman–Crippen MR) is 72.1 cm³/mol. The van der Waals surface area contributed by atoms with E-state index >= 15 is 0 Å². The molecule has 0 unspecified atom stereocenters. The van der Waals surface area contributed by atoms with E-state index in [1.165, 1.54) is 0 Å². The summed E-state index contributed by atoms with van der Waals surface area (Å²) in [7, 11) is 0. The standard InChI is InChI=1S/C11H21IN2O2/c1-7(2)10(13)11(15)16-9-5-3-8(14-12)4-6-9/h7-10,14H,3-6,13H2,1-2H3/t8?,9?,10-/m0/s1. The first-order valence-corrected chi connectivity index (χ1v) is 6.94. The summed E-state index contributed by atoms with van der Waals surface area (Å²) in [5.41, 5.74) is 5.74. The van der Waals surface area contributed by atoms with Crippen LogP contribution in [-0.2, 0) is 9.53 Å². The van der Waals surface area contributed by atoms with E-state index in [1.807, 2.05) is 13.8 Å². The zero-order valence-electron chi connectivity index (χ0n) is 9.91. The summed E-state index contributed by atoms with van der Waals surface area (Å²) >= 11 is 2.18. The van der Waals surface area contributed by atoms with Crippen molar-refractivity contribution in [2.24, 2.45) is 11.7 Å².